The molecule has 2 aromatic carbocycles. The van der Waals surface area contributed by atoms with Crippen LogP contribution in [0.15, 0.2) is 48.5 Å². The molecule has 0 bridgehead atoms. The minimum atomic E-state index is -0.169. The molecule has 4 rings (SSSR count). The fourth-order valence-corrected chi connectivity index (χ4v) is 4.11. The second kappa shape index (κ2) is 8.52. The van der Waals surface area contributed by atoms with Gasteiger partial charge in [0.25, 0.3) is 0 Å². The third-order valence-corrected chi connectivity index (χ3v) is 6.03. The Labute approximate surface area is 171 Å². The van der Waals surface area contributed by atoms with Gasteiger partial charge >= 0.3 is 0 Å². The van der Waals surface area contributed by atoms with Crippen LogP contribution in [0.2, 0.25) is 5.02 Å². The molecule has 1 amide bonds. The van der Waals surface area contributed by atoms with E-state index in [2.05, 4.69) is 46.9 Å². The van der Waals surface area contributed by atoms with E-state index in [4.69, 9.17) is 11.6 Å². The maximum Gasteiger partial charge on any atom is 0.241 e. The smallest absolute Gasteiger partial charge is 0.241 e. The summed E-state index contributed by atoms with van der Waals surface area (Å²) in [5, 5.41) is 0.747. The van der Waals surface area contributed by atoms with Crippen LogP contribution in [0.5, 0.6) is 0 Å². The first-order chi connectivity index (χ1) is 13.6. The van der Waals surface area contributed by atoms with Gasteiger partial charge in [-0.05, 0) is 48.2 Å². The Morgan fingerprint density at radius 1 is 1.00 bits per heavy atom. The molecule has 2 saturated heterocycles. The zero-order valence-electron chi connectivity index (χ0n) is 16.2. The molecule has 6 heteroatoms. The minimum Gasteiger partial charge on any atom is -0.368 e. The van der Waals surface area contributed by atoms with Gasteiger partial charge in [0.15, 0.2) is 0 Å². The van der Waals surface area contributed by atoms with Gasteiger partial charge < -0.3 is 9.80 Å². The molecule has 2 atom stereocenters. The van der Waals surface area contributed by atoms with Crippen LogP contribution in [0.3, 0.4) is 0 Å². The quantitative estimate of drug-likeness (QED) is 0.830. The number of aryl methyl sites for hydroxylation is 1. The molecule has 0 aliphatic carbocycles. The molecule has 2 heterocycles. The van der Waals surface area contributed by atoms with Crippen molar-refractivity contribution in [3.8, 4) is 0 Å². The second-order valence-corrected chi connectivity index (χ2v) is 7.95. The predicted octanol–water partition coefficient (Wildman–Crippen LogP) is 3.16. The highest BCUT2D eigenvalue weighted by atomic mass is 35.5. The Morgan fingerprint density at radius 3 is 2.32 bits per heavy atom. The summed E-state index contributed by atoms with van der Waals surface area (Å²) >= 11 is 5.97. The van der Waals surface area contributed by atoms with E-state index in [0.29, 0.717) is 0 Å². The number of piperazine rings is 1. The van der Waals surface area contributed by atoms with Crippen molar-refractivity contribution in [2.75, 3.05) is 31.1 Å². The van der Waals surface area contributed by atoms with E-state index in [1.165, 1.54) is 11.1 Å². The number of anilines is 1. The molecule has 2 fully saturated rings. The molecule has 2 aromatic rings. The summed E-state index contributed by atoms with van der Waals surface area (Å²) in [6, 6.07) is 16.6. The predicted molar refractivity (Wildman–Crippen MR) is 113 cm³/mol. The van der Waals surface area contributed by atoms with E-state index in [9.17, 15) is 4.79 Å². The Balaban J connectivity index is 1.31. The van der Waals surface area contributed by atoms with E-state index in [1.807, 2.05) is 29.2 Å². The molecular formula is C22H27ClN4O. The molecule has 2 N–H and O–H groups in total. The van der Waals surface area contributed by atoms with Crippen LogP contribution in [-0.2, 0) is 11.2 Å². The fraction of sp³-hybridized carbons (Fsp3) is 0.409. The Hall–Kier alpha value is -2.08. The Kier molecular flexibility index (Phi) is 5.85. The molecule has 0 radical (unpaired) electrons. The number of hydrogen-bond donors (Lipinski definition) is 2. The van der Waals surface area contributed by atoms with Gasteiger partial charge in [-0.2, -0.15) is 0 Å². The summed E-state index contributed by atoms with van der Waals surface area (Å²) < 4.78 is 0. The van der Waals surface area contributed by atoms with Gasteiger partial charge in [0.05, 0.1) is 0 Å². The topological polar surface area (TPSA) is 47.6 Å². The van der Waals surface area contributed by atoms with E-state index in [0.717, 1.165) is 49.7 Å². The number of carbonyl (C=O) groups is 1. The maximum atomic E-state index is 13.0. The number of hydrazine groups is 1. The van der Waals surface area contributed by atoms with Gasteiger partial charge in [-0.25, -0.2) is 10.9 Å². The third-order valence-electron chi connectivity index (χ3n) is 5.77. The summed E-state index contributed by atoms with van der Waals surface area (Å²) in [5.74, 6) is 0.191. The van der Waals surface area contributed by atoms with E-state index >= 15 is 0 Å². The van der Waals surface area contributed by atoms with Crippen molar-refractivity contribution in [1.29, 1.82) is 0 Å². The normalized spacial score (nSPS) is 22.5. The highest BCUT2D eigenvalue weighted by Gasteiger charge is 2.34. The number of benzene rings is 2. The van der Waals surface area contributed by atoms with Gasteiger partial charge in [0, 0.05) is 42.9 Å². The number of nitrogens with one attached hydrogen (secondary N) is 2. The SMILES string of the molecule is CCc1ccc(C2CC(C(=O)N3CCN(c4ccc(Cl)cc4)CC3)NN2)cc1. The molecule has 0 saturated carbocycles. The van der Waals surface area contributed by atoms with Crippen molar-refractivity contribution in [3.63, 3.8) is 0 Å². The maximum absolute atomic E-state index is 13.0. The molecule has 148 valence electrons. The van der Waals surface area contributed by atoms with E-state index < -0.39 is 0 Å². The van der Waals surface area contributed by atoms with Crippen LogP contribution in [-0.4, -0.2) is 43.0 Å². The zero-order chi connectivity index (χ0) is 19.5. The van der Waals surface area contributed by atoms with Crippen molar-refractivity contribution in [3.05, 3.63) is 64.7 Å². The minimum absolute atomic E-state index is 0.169. The van der Waals surface area contributed by atoms with Crippen molar-refractivity contribution in [2.24, 2.45) is 0 Å². The first kappa shape index (κ1) is 19.2. The zero-order valence-corrected chi connectivity index (χ0v) is 17.0. The van der Waals surface area contributed by atoms with Crippen molar-refractivity contribution in [1.82, 2.24) is 15.8 Å². The van der Waals surface area contributed by atoms with Gasteiger partial charge in [0.2, 0.25) is 5.91 Å². The van der Waals surface area contributed by atoms with Gasteiger partial charge in [-0.15, -0.1) is 0 Å². The number of amides is 1. The lowest BCUT2D eigenvalue weighted by Gasteiger charge is -2.37. The highest BCUT2D eigenvalue weighted by molar-refractivity contribution is 6.30. The summed E-state index contributed by atoms with van der Waals surface area (Å²) in [7, 11) is 0. The lowest BCUT2D eigenvalue weighted by Crippen LogP contribution is -2.53. The van der Waals surface area contributed by atoms with Crippen molar-refractivity contribution >= 4 is 23.2 Å². The molecule has 0 aromatic heterocycles. The third kappa shape index (κ3) is 4.17. The number of carbonyl (C=O) groups excluding carboxylic acids is 1. The summed E-state index contributed by atoms with van der Waals surface area (Å²) in [6.45, 7) is 5.33. The van der Waals surface area contributed by atoms with Crippen molar-refractivity contribution < 1.29 is 4.79 Å². The van der Waals surface area contributed by atoms with Gasteiger partial charge in [0.1, 0.15) is 6.04 Å². The largest absolute Gasteiger partial charge is 0.368 e. The average molecular weight is 399 g/mol. The van der Waals surface area contributed by atoms with Gasteiger partial charge in [-0.1, -0.05) is 42.8 Å². The van der Waals surface area contributed by atoms with E-state index in [-0.39, 0.29) is 18.0 Å². The van der Waals surface area contributed by atoms with Crippen LogP contribution >= 0.6 is 11.6 Å². The monoisotopic (exact) mass is 398 g/mol. The number of hydrogen-bond acceptors (Lipinski definition) is 4. The van der Waals surface area contributed by atoms with Crippen LogP contribution in [0.4, 0.5) is 5.69 Å². The van der Waals surface area contributed by atoms with Crippen LogP contribution in [0, 0.1) is 0 Å². The Morgan fingerprint density at radius 2 is 1.68 bits per heavy atom. The van der Waals surface area contributed by atoms with E-state index in [1.54, 1.807) is 0 Å². The molecule has 2 aliphatic rings. The highest BCUT2D eigenvalue weighted by Crippen LogP contribution is 2.25. The fourth-order valence-electron chi connectivity index (χ4n) is 3.98. The molecule has 2 unspecified atom stereocenters. The lowest BCUT2D eigenvalue weighted by atomic mass is 9.99. The van der Waals surface area contributed by atoms with Crippen LogP contribution < -0.4 is 15.8 Å². The number of halogens is 1. The summed E-state index contributed by atoms with van der Waals surface area (Å²) in [5.41, 5.74) is 10.2. The van der Waals surface area contributed by atoms with Gasteiger partial charge in [-0.3, -0.25) is 4.79 Å². The number of rotatable bonds is 4. The van der Waals surface area contributed by atoms with Crippen molar-refractivity contribution in [2.45, 2.75) is 31.8 Å². The number of nitrogens with zero attached hydrogens (tertiary/aromatic N) is 2. The Bertz CT molecular complexity index is 800. The summed E-state index contributed by atoms with van der Waals surface area (Å²) in [4.78, 5) is 17.2. The van der Waals surface area contributed by atoms with Crippen LogP contribution in [0.1, 0.15) is 30.5 Å². The first-order valence-electron chi connectivity index (χ1n) is 10.0. The molecule has 0 spiro atoms. The average Bonchev–Trinajstić information content (AvgIpc) is 3.24. The molecule has 28 heavy (non-hydrogen) atoms. The lowest BCUT2D eigenvalue weighted by molar-refractivity contribution is -0.133. The first-order valence-corrected chi connectivity index (χ1v) is 10.4. The van der Waals surface area contributed by atoms with Crippen LogP contribution in [0.25, 0.3) is 0 Å². The molecule has 2 aliphatic heterocycles. The molecule has 5 nitrogen and oxygen atoms in total. The second-order valence-electron chi connectivity index (χ2n) is 7.51. The standard InChI is InChI=1S/C22H27ClN4O/c1-2-16-3-5-17(6-4-16)20-15-21(25-24-20)22(28)27-13-11-26(12-14-27)19-9-7-18(23)8-10-19/h3-10,20-21,24-25H,2,11-15H2,1H3. The molecular weight excluding hydrogens is 372 g/mol. The summed E-state index contributed by atoms with van der Waals surface area (Å²) in [6.07, 6.45) is 1.82.